The number of carbonyl (C=O) groups is 1. The molecule has 0 radical (unpaired) electrons. The number of benzene rings is 2. The Kier molecular flexibility index (Phi) is 6.26. The molecule has 0 spiro atoms. The summed E-state index contributed by atoms with van der Waals surface area (Å²) in [6.07, 6.45) is 2.71. The lowest BCUT2D eigenvalue weighted by molar-refractivity contribution is -0.148. The Labute approximate surface area is 185 Å². The van der Waals surface area contributed by atoms with Crippen molar-refractivity contribution in [1.82, 2.24) is 4.98 Å². The molecule has 30 heavy (non-hydrogen) atoms. The number of aromatic nitrogens is 1. The first kappa shape index (κ1) is 20.7. The zero-order chi connectivity index (χ0) is 21.1. The second kappa shape index (κ2) is 9.07. The molecule has 0 aliphatic carbocycles. The quantitative estimate of drug-likeness (QED) is 0.317. The van der Waals surface area contributed by atoms with Gasteiger partial charge in [-0.05, 0) is 59.2 Å². The Hall–Kier alpha value is -2.56. The number of fused-ring (bicyclic) bond motifs is 1. The number of H-pyrrole nitrogens is 1. The molecular formula is C25H24ClNO2S. The Morgan fingerprint density at radius 2 is 1.90 bits per heavy atom. The minimum absolute atomic E-state index is 0.133. The molecule has 0 saturated carbocycles. The van der Waals surface area contributed by atoms with Crippen molar-refractivity contribution in [2.24, 2.45) is 5.92 Å². The van der Waals surface area contributed by atoms with E-state index in [0.717, 1.165) is 32.6 Å². The van der Waals surface area contributed by atoms with Crippen molar-refractivity contribution < 1.29 is 9.53 Å². The van der Waals surface area contributed by atoms with Gasteiger partial charge in [0, 0.05) is 20.8 Å². The monoisotopic (exact) mass is 437 g/mol. The van der Waals surface area contributed by atoms with Crippen molar-refractivity contribution in [2.45, 2.75) is 32.8 Å². The predicted molar refractivity (Wildman–Crippen MR) is 124 cm³/mol. The van der Waals surface area contributed by atoms with Gasteiger partial charge >= 0.3 is 5.97 Å². The van der Waals surface area contributed by atoms with Gasteiger partial charge in [0.05, 0.1) is 11.6 Å². The topological polar surface area (TPSA) is 42.1 Å². The van der Waals surface area contributed by atoms with Crippen molar-refractivity contribution in [3.05, 3.63) is 93.6 Å². The van der Waals surface area contributed by atoms with E-state index in [-0.39, 0.29) is 24.4 Å². The van der Waals surface area contributed by atoms with E-state index in [1.807, 2.05) is 48.7 Å². The van der Waals surface area contributed by atoms with E-state index in [0.29, 0.717) is 5.02 Å². The van der Waals surface area contributed by atoms with E-state index >= 15 is 0 Å². The van der Waals surface area contributed by atoms with Crippen LogP contribution in [0.2, 0.25) is 5.02 Å². The average molecular weight is 438 g/mol. The van der Waals surface area contributed by atoms with Crippen molar-refractivity contribution in [3.8, 4) is 0 Å². The van der Waals surface area contributed by atoms with Gasteiger partial charge in [-0.1, -0.05) is 55.8 Å². The zero-order valence-corrected chi connectivity index (χ0v) is 18.6. The fourth-order valence-electron chi connectivity index (χ4n) is 3.69. The molecule has 1 unspecified atom stereocenters. The lowest BCUT2D eigenvalue weighted by Crippen LogP contribution is -2.20. The van der Waals surface area contributed by atoms with Crippen molar-refractivity contribution in [3.63, 3.8) is 0 Å². The number of aromatic amines is 1. The van der Waals surface area contributed by atoms with Crippen LogP contribution in [0.5, 0.6) is 0 Å². The van der Waals surface area contributed by atoms with Crippen LogP contribution in [0.1, 0.15) is 41.5 Å². The van der Waals surface area contributed by atoms with Crippen LogP contribution in [-0.4, -0.2) is 11.0 Å². The third-order valence-electron chi connectivity index (χ3n) is 5.25. The van der Waals surface area contributed by atoms with Gasteiger partial charge in [-0.2, -0.15) is 0 Å². The minimum atomic E-state index is -0.297. The smallest absolute Gasteiger partial charge is 0.314 e. The molecule has 0 bridgehead atoms. The molecule has 0 saturated heterocycles. The average Bonchev–Trinajstić information content (AvgIpc) is 3.33. The zero-order valence-electron chi connectivity index (χ0n) is 17.0. The molecule has 1 atom stereocenters. The Balaban J connectivity index is 1.48. The van der Waals surface area contributed by atoms with Crippen LogP contribution < -0.4 is 0 Å². The van der Waals surface area contributed by atoms with Gasteiger partial charge in [0.25, 0.3) is 0 Å². The van der Waals surface area contributed by atoms with Crippen LogP contribution in [0, 0.1) is 5.92 Å². The standard InChI is InChI=1S/C25H24ClNO2S/c1-16(2)24(23-14-19-13-20(26)8-9-22(19)30-23)25(28)29-15-21-18(10-11-27-21)12-17-6-4-3-5-7-17/h3-11,13-14,16,24,27H,12,15H2,1-2H3. The Morgan fingerprint density at radius 3 is 2.67 bits per heavy atom. The van der Waals surface area contributed by atoms with E-state index in [4.69, 9.17) is 16.3 Å². The summed E-state index contributed by atoms with van der Waals surface area (Å²) >= 11 is 7.75. The highest BCUT2D eigenvalue weighted by atomic mass is 35.5. The third-order valence-corrected chi connectivity index (χ3v) is 6.68. The maximum atomic E-state index is 13.0. The molecule has 4 aromatic rings. The number of thiophene rings is 1. The highest BCUT2D eigenvalue weighted by molar-refractivity contribution is 7.19. The summed E-state index contributed by atoms with van der Waals surface area (Å²) in [7, 11) is 0. The molecule has 0 aliphatic heterocycles. The van der Waals surface area contributed by atoms with Crippen LogP contribution in [-0.2, 0) is 22.6 Å². The van der Waals surface area contributed by atoms with Gasteiger partial charge in [-0.3, -0.25) is 4.79 Å². The molecule has 0 amide bonds. The molecule has 2 aromatic carbocycles. The molecule has 3 nitrogen and oxygen atoms in total. The highest BCUT2D eigenvalue weighted by Gasteiger charge is 2.28. The molecule has 0 aliphatic rings. The molecule has 1 N–H and O–H groups in total. The first-order valence-corrected chi connectivity index (χ1v) is 11.3. The van der Waals surface area contributed by atoms with E-state index < -0.39 is 0 Å². The molecule has 2 heterocycles. The van der Waals surface area contributed by atoms with Gasteiger partial charge < -0.3 is 9.72 Å². The molecule has 0 fully saturated rings. The van der Waals surface area contributed by atoms with Gasteiger partial charge in [-0.15, -0.1) is 11.3 Å². The van der Waals surface area contributed by atoms with E-state index in [1.165, 1.54) is 5.56 Å². The van der Waals surface area contributed by atoms with E-state index in [9.17, 15) is 4.79 Å². The van der Waals surface area contributed by atoms with E-state index in [1.54, 1.807) is 11.3 Å². The summed E-state index contributed by atoms with van der Waals surface area (Å²) in [6.45, 7) is 4.35. The molecule has 5 heteroatoms. The number of halogens is 1. The van der Waals surface area contributed by atoms with Gasteiger partial charge in [0.1, 0.15) is 6.61 Å². The van der Waals surface area contributed by atoms with Crippen LogP contribution in [0.3, 0.4) is 0 Å². The summed E-state index contributed by atoms with van der Waals surface area (Å²) in [4.78, 5) is 17.3. The number of nitrogens with one attached hydrogen (secondary N) is 1. The fraction of sp³-hybridized carbons (Fsp3) is 0.240. The number of hydrogen-bond donors (Lipinski definition) is 1. The number of rotatable bonds is 7. The lowest BCUT2D eigenvalue weighted by Gasteiger charge is -2.18. The normalized spacial score (nSPS) is 12.4. The largest absolute Gasteiger partial charge is 0.459 e. The summed E-state index contributed by atoms with van der Waals surface area (Å²) in [6, 6.07) is 20.2. The maximum absolute atomic E-state index is 13.0. The Morgan fingerprint density at radius 1 is 1.10 bits per heavy atom. The third kappa shape index (κ3) is 4.61. The fourth-order valence-corrected chi connectivity index (χ4v) is 5.18. The first-order chi connectivity index (χ1) is 14.5. The minimum Gasteiger partial charge on any atom is -0.459 e. The van der Waals surface area contributed by atoms with Crippen LogP contribution in [0.4, 0.5) is 0 Å². The molecule has 4 rings (SSSR count). The number of ether oxygens (including phenoxy) is 1. The van der Waals surface area contributed by atoms with Crippen LogP contribution in [0.25, 0.3) is 10.1 Å². The maximum Gasteiger partial charge on any atom is 0.314 e. The van der Waals surface area contributed by atoms with Gasteiger partial charge in [0.15, 0.2) is 0 Å². The van der Waals surface area contributed by atoms with Crippen molar-refractivity contribution in [1.29, 1.82) is 0 Å². The predicted octanol–water partition coefficient (Wildman–Crippen LogP) is 6.96. The first-order valence-electron chi connectivity index (χ1n) is 10.1. The van der Waals surface area contributed by atoms with E-state index in [2.05, 4.69) is 37.0 Å². The van der Waals surface area contributed by atoms with Crippen molar-refractivity contribution >= 4 is 39.0 Å². The second-order valence-corrected chi connectivity index (χ2v) is 9.36. The molecule has 154 valence electrons. The lowest BCUT2D eigenvalue weighted by atomic mass is 9.94. The van der Waals surface area contributed by atoms with Crippen molar-refractivity contribution in [2.75, 3.05) is 0 Å². The number of esters is 1. The number of carbonyl (C=O) groups excluding carboxylic acids is 1. The highest BCUT2D eigenvalue weighted by Crippen LogP contribution is 2.36. The second-order valence-electron chi connectivity index (χ2n) is 7.80. The summed E-state index contributed by atoms with van der Waals surface area (Å²) in [5.74, 6) is -0.356. The summed E-state index contributed by atoms with van der Waals surface area (Å²) in [5, 5.41) is 1.77. The molecule has 2 aromatic heterocycles. The van der Waals surface area contributed by atoms with Crippen LogP contribution >= 0.6 is 22.9 Å². The summed E-state index contributed by atoms with van der Waals surface area (Å²) < 4.78 is 6.90. The SMILES string of the molecule is CC(C)C(C(=O)OCc1[nH]ccc1Cc1ccccc1)c1cc2cc(Cl)ccc2s1. The van der Waals surface area contributed by atoms with Crippen LogP contribution in [0.15, 0.2) is 66.9 Å². The summed E-state index contributed by atoms with van der Waals surface area (Å²) in [5.41, 5.74) is 3.32. The Bertz CT molecular complexity index is 1150. The van der Waals surface area contributed by atoms with Gasteiger partial charge in [0.2, 0.25) is 0 Å². The number of hydrogen-bond acceptors (Lipinski definition) is 3. The van der Waals surface area contributed by atoms with Gasteiger partial charge in [-0.25, -0.2) is 0 Å². The molecular weight excluding hydrogens is 414 g/mol.